The molecule has 2 aromatic carbocycles. The molecule has 170 valence electrons. The SMILES string of the molecule is Cc1c(N[C@H]2CCN(Cc3cccc(F)c3)C2)cc(F)c(S(=O)(=O)Cc2cscn2)c1F. The Balaban J connectivity index is 1.48. The fraction of sp³-hybridized carbons (Fsp3) is 0.318. The van der Waals surface area contributed by atoms with Crippen molar-refractivity contribution in [3.8, 4) is 0 Å². The lowest BCUT2D eigenvalue weighted by atomic mass is 10.1. The van der Waals surface area contributed by atoms with Crippen LogP contribution in [0.15, 0.2) is 46.1 Å². The molecular formula is C22H22F3N3O2S2. The highest BCUT2D eigenvalue weighted by Gasteiger charge is 2.29. The van der Waals surface area contributed by atoms with E-state index in [0.717, 1.165) is 24.6 Å². The first-order valence-electron chi connectivity index (χ1n) is 10.0. The van der Waals surface area contributed by atoms with E-state index in [4.69, 9.17) is 0 Å². The molecule has 1 saturated heterocycles. The van der Waals surface area contributed by atoms with Crippen molar-refractivity contribution in [3.05, 3.63) is 75.5 Å². The molecule has 10 heteroatoms. The Kier molecular flexibility index (Phi) is 6.55. The predicted octanol–water partition coefficient (Wildman–Crippen LogP) is 4.53. The number of nitrogens with one attached hydrogen (secondary N) is 1. The number of likely N-dealkylation sites (tertiary alicyclic amines) is 1. The lowest BCUT2D eigenvalue weighted by Crippen LogP contribution is -2.26. The highest BCUT2D eigenvalue weighted by atomic mass is 32.2. The fourth-order valence-electron chi connectivity index (χ4n) is 3.91. The van der Waals surface area contributed by atoms with Crippen molar-refractivity contribution < 1.29 is 21.6 Å². The summed E-state index contributed by atoms with van der Waals surface area (Å²) in [4.78, 5) is 5.10. The maximum atomic E-state index is 15.0. The molecule has 5 nitrogen and oxygen atoms in total. The molecule has 32 heavy (non-hydrogen) atoms. The molecule has 1 atom stereocenters. The van der Waals surface area contributed by atoms with Crippen molar-refractivity contribution >= 4 is 26.9 Å². The Labute approximate surface area is 188 Å². The zero-order valence-corrected chi connectivity index (χ0v) is 18.9. The Hall–Kier alpha value is -2.43. The van der Waals surface area contributed by atoms with Gasteiger partial charge >= 0.3 is 0 Å². The lowest BCUT2D eigenvalue weighted by Gasteiger charge is -2.20. The number of hydrogen-bond donors (Lipinski definition) is 1. The molecule has 1 N–H and O–H groups in total. The van der Waals surface area contributed by atoms with Crippen LogP contribution in [0.5, 0.6) is 0 Å². The van der Waals surface area contributed by atoms with E-state index >= 15 is 4.39 Å². The van der Waals surface area contributed by atoms with E-state index in [9.17, 15) is 17.2 Å². The van der Waals surface area contributed by atoms with E-state index < -0.39 is 32.1 Å². The van der Waals surface area contributed by atoms with Crippen LogP contribution in [0.4, 0.5) is 18.9 Å². The summed E-state index contributed by atoms with van der Waals surface area (Å²) in [5, 5.41) is 4.67. The van der Waals surface area contributed by atoms with E-state index in [1.165, 1.54) is 41.3 Å². The third-order valence-electron chi connectivity index (χ3n) is 5.48. The van der Waals surface area contributed by atoms with Gasteiger partial charge in [-0.25, -0.2) is 26.6 Å². The Morgan fingerprint density at radius 3 is 2.78 bits per heavy atom. The zero-order valence-electron chi connectivity index (χ0n) is 17.3. The number of anilines is 1. The fourth-order valence-corrected chi connectivity index (χ4v) is 6.05. The molecule has 0 amide bonds. The number of halogens is 3. The topological polar surface area (TPSA) is 62.3 Å². The molecule has 0 bridgehead atoms. The van der Waals surface area contributed by atoms with Crippen LogP contribution in [0.1, 0.15) is 23.2 Å². The van der Waals surface area contributed by atoms with Crippen molar-refractivity contribution in [1.82, 2.24) is 9.88 Å². The third-order valence-corrected chi connectivity index (χ3v) is 7.79. The third kappa shape index (κ3) is 4.97. The monoisotopic (exact) mass is 481 g/mol. The van der Waals surface area contributed by atoms with Gasteiger partial charge < -0.3 is 5.32 Å². The van der Waals surface area contributed by atoms with E-state index in [1.54, 1.807) is 6.07 Å². The Morgan fingerprint density at radius 2 is 2.06 bits per heavy atom. The second-order valence-corrected chi connectivity index (χ2v) is 10.6. The van der Waals surface area contributed by atoms with Gasteiger partial charge in [0, 0.05) is 42.3 Å². The quantitative estimate of drug-likeness (QED) is 0.537. The second-order valence-electron chi connectivity index (χ2n) is 7.91. The molecule has 4 rings (SSSR count). The largest absolute Gasteiger partial charge is 0.381 e. The predicted molar refractivity (Wildman–Crippen MR) is 118 cm³/mol. The van der Waals surface area contributed by atoms with Gasteiger partial charge in [0.1, 0.15) is 22.3 Å². The molecule has 0 spiro atoms. The van der Waals surface area contributed by atoms with Crippen LogP contribution in [-0.4, -0.2) is 37.4 Å². The van der Waals surface area contributed by atoms with E-state index in [-0.39, 0.29) is 28.8 Å². The van der Waals surface area contributed by atoms with Gasteiger partial charge in [0.25, 0.3) is 0 Å². The minimum atomic E-state index is -4.23. The van der Waals surface area contributed by atoms with Crippen LogP contribution < -0.4 is 5.32 Å². The molecular weight excluding hydrogens is 459 g/mol. The van der Waals surface area contributed by atoms with Gasteiger partial charge in [-0.15, -0.1) is 11.3 Å². The average molecular weight is 482 g/mol. The van der Waals surface area contributed by atoms with E-state index in [0.29, 0.717) is 13.1 Å². The summed E-state index contributed by atoms with van der Waals surface area (Å²) in [5.74, 6) is -3.06. The second kappa shape index (κ2) is 9.21. The number of aromatic nitrogens is 1. The molecule has 0 unspecified atom stereocenters. The average Bonchev–Trinajstić information content (AvgIpc) is 3.37. The molecule has 1 fully saturated rings. The summed E-state index contributed by atoms with van der Waals surface area (Å²) in [6, 6.07) is 7.37. The summed E-state index contributed by atoms with van der Waals surface area (Å²) >= 11 is 1.21. The minimum Gasteiger partial charge on any atom is -0.381 e. The van der Waals surface area contributed by atoms with Crippen molar-refractivity contribution in [3.63, 3.8) is 0 Å². The van der Waals surface area contributed by atoms with Crippen LogP contribution in [0.3, 0.4) is 0 Å². The standard InChI is InChI=1S/C22H22F3N3O2S2/c1-14-20(27-17-5-6-28(10-17)9-15-3-2-4-16(23)7-15)8-19(24)22(21(14)25)32(29,30)12-18-11-31-13-26-18/h2-4,7-8,11,13,17,27H,5-6,9-10,12H2,1H3/t17-/m0/s1. The number of thiazole rings is 1. The Bertz CT molecular complexity index is 1220. The maximum absolute atomic E-state index is 15.0. The molecule has 0 aliphatic carbocycles. The summed E-state index contributed by atoms with van der Waals surface area (Å²) in [6.45, 7) is 3.37. The van der Waals surface area contributed by atoms with Crippen LogP contribution in [0, 0.1) is 24.4 Å². The molecule has 1 aromatic heterocycles. The van der Waals surface area contributed by atoms with Gasteiger partial charge in [0.15, 0.2) is 9.84 Å². The van der Waals surface area contributed by atoms with Crippen molar-refractivity contribution in [2.24, 2.45) is 0 Å². The first-order valence-corrected chi connectivity index (χ1v) is 12.6. The normalized spacial score (nSPS) is 17.1. The van der Waals surface area contributed by atoms with E-state index in [1.807, 2.05) is 6.07 Å². The number of nitrogens with zero attached hydrogens (tertiary/aromatic N) is 2. The highest BCUT2D eigenvalue weighted by molar-refractivity contribution is 7.90. The summed E-state index contributed by atoms with van der Waals surface area (Å²) in [6.07, 6.45) is 0.738. The van der Waals surface area contributed by atoms with E-state index in [2.05, 4.69) is 15.2 Å². The molecule has 1 aliphatic heterocycles. The minimum absolute atomic E-state index is 0.0480. The number of rotatable bonds is 7. The zero-order chi connectivity index (χ0) is 22.9. The summed E-state index contributed by atoms with van der Waals surface area (Å²) in [5.41, 5.74) is 2.85. The van der Waals surface area contributed by atoms with Crippen LogP contribution in [-0.2, 0) is 22.1 Å². The maximum Gasteiger partial charge on any atom is 0.189 e. The van der Waals surface area contributed by atoms with Gasteiger partial charge in [-0.2, -0.15) is 0 Å². The van der Waals surface area contributed by atoms with Crippen molar-refractivity contribution in [2.75, 3.05) is 18.4 Å². The molecule has 0 saturated carbocycles. The Morgan fingerprint density at radius 1 is 1.25 bits per heavy atom. The van der Waals surface area contributed by atoms with Crippen LogP contribution in [0.25, 0.3) is 0 Å². The molecule has 2 heterocycles. The van der Waals surface area contributed by atoms with Gasteiger partial charge in [0.05, 0.1) is 17.0 Å². The number of benzene rings is 2. The summed E-state index contributed by atoms with van der Waals surface area (Å²) in [7, 11) is -4.23. The van der Waals surface area contributed by atoms with Gasteiger partial charge in [-0.3, -0.25) is 4.90 Å². The van der Waals surface area contributed by atoms with Gasteiger partial charge in [-0.05, 0) is 37.1 Å². The molecule has 1 aliphatic rings. The molecule has 3 aromatic rings. The lowest BCUT2D eigenvalue weighted by molar-refractivity contribution is 0.328. The number of sulfone groups is 1. The van der Waals surface area contributed by atoms with Crippen molar-refractivity contribution in [1.29, 1.82) is 0 Å². The van der Waals surface area contributed by atoms with Crippen molar-refractivity contribution in [2.45, 2.75) is 36.6 Å². The van der Waals surface area contributed by atoms with Crippen LogP contribution >= 0.6 is 11.3 Å². The summed E-state index contributed by atoms with van der Waals surface area (Å²) < 4.78 is 68.4. The highest BCUT2D eigenvalue weighted by Crippen LogP contribution is 2.31. The molecule has 0 radical (unpaired) electrons. The first-order chi connectivity index (χ1) is 15.2. The number of hydrogen-bond acceptors (Lipinski definition) is 6. The van der Waals surface area contributed by atoms with Crippen LogP contribution in [0.2, 0.25) is 0 Å². The van der Waals surface area contributed by atoms with Gasteiger partial charge in [0.2, 0.25) is 0 Å². The smallest absolute Gasteiger partial charge is 0.189 e. The van der Waals surface area contributed by atoms with Gasteiger partial charge in [-0.1, -0.05) is 12.1 Å². The first kappa shape index (κ1) is 22.8.